The van der Waals surface area contributed by atoms with Gasteiger partial charge in [0.1, 0.15) is 0 Å². The summed E-state index contributed by atoms with van der Waals surface area (Å²) < 4.78 is 10.7. The van der Waals surface area contributed by atoms with Gasteiger partial charge in [0.2, 0.25) is 5.91 Å². The Morgan fingerprint density at radius 2 is 1.86 bits per heavy atom. The first kappa shape index (κ1) is 21.0. The molecular weight excluding hydrogens is 352 g/mol. The molecule has 3 rings (SSSR count). The molecule has 3 unspecified atom stereocenters. The van der Waals surface area contributed by atoms with Crippen molar-refractivity contribution < 1.29 is 14.3 Å². The van der Waals surface area contributed by atoms with E-state index in [2.05, 4.69) is 36.6 Å². The smallest absolute Gasteiger partial charge is 0.223 e. The summed E-state index contributed by atoms with van der Waals surface area (Å²) in [7, 11) is 3.31. The number of hydrogen-bond acceptors (Lipinski definition) is 4. The van der Waals surface area contributed by atoms with Crippen LogP contribution in [0.5, 0.6) is 11.5 Å². The van der Waals surface area contributed by atoms with Gasteiger partial charge in [-0.2, -0.15) is 0 Å². The molecule has 0 aromatic heterocycles. The van der Waals surface area contributed by atoms with Crippen LogP contribution in [0.3, 0.4) is 0 Å². The van der Waals surface area contributed by atoms with E-state index >= 15 is 0 Å². The highest BCUT2D eigenvalue weighted by Crippen LogP contribution is 2.46. The van der Waals surface area contributed by atoms with E-state index in [1.807, 2.05) is 12.1 Å². The first-order valence-corrected chi connectivity index (χ1v) is 10.7. The summed E-state index contributed by atoms with van der Waals surface area (Å²) in [5.41, 5.74) is 1.18. The molecule has 1 aliphatic carbocycles. The van der Waals surface area contributed by atoms with Crippen LogP contribution in [0.2, 0.25) is 0 Å². The third-order valence-electron chi connectivity index (χ3n) is 6.97. The summed E-state index contributed by atoms with van der Waals surface area (Å²) >= 11 is 0. The fourth-order valence-corrected chi connectivity index (χ4v) is 5.26. The molecule has 1 aromatic carbocycles. The molecule has 0 bridgehead atoms. The van der Waals surface area contributed by atoms with Crippen LogP contribution in [0.25, 0.3) is 0 Å². The van der Waals surface area contributed by atoms with E-state index in [9.17, 15) is 4.79 Å². The lowest BCUT2D eigenvalue weighted by Crippen LogP contribution is -2.36. The van der Waals surface area contributed by atoms with E-state index < -0.39 is 0 Å². The van der Waals surface area contributed by atoms with Gasteiger partial charge in [0.25, 0.3) is 0 Å². The largest absolute Gasteiger partial charge is 0.493 e. The number of carbonyl (C=O) groups excluding carboxylic acids is 1. The Morgan fingerprint density at radius 3 is 2.50 bits per heavy atom. The minimum Gasteiger partial charge on any atom is -0.493 e. The molecule has 1 amide bonds. The van der Waals surface area contributed by atoms with Gasteiger partial charge in [0.15, 0.2) is 11.5 Å². The van der Waals surface area contributed by atoms with Crippen LogP contribution in [-0.2, 0) is 11.2 Å². The Hall–Kier alpha value is -1.75. The van der Waals surface area contributed by atoms with E-state index in [-0.39, 0.29) is 0 Å². The molecule has 0 N–H and O–H groups in total. The molecule has 2 fully saturated rings. The number of ether oxygens (including phenoxy) is 2. The second-order valence-corrected chi connectivity index (χ2v) is 8.32. The van der Waals surface area contributed by atoms with Crippen LogP contribution in [0, 0.1) is 17.8 Å². The molecule has 1 aromatic rings. The van der Waals surface area contributed by atoms with Gasteiger partial charge in [-0.05, 0) is 61.4 Å². The summed E-state index contributed by atoms with van der Waals surface area (Å²) in [5, 5.41) is 0. The zero-order chi connectivity index (χ0) is 20.3. The number of methoxy groups -OCH3 is 2. The van der Waals surface area contributed by atoms with Gasteiger partial charge in [0, 0.05) is 25.6 Å². The summed E-state index contributed by atoms with van der Waals surface area (Å²) in [4.78, 5) is 17.5. The quantitative estimate of drug-likeness (QED) is 0.650. The molecule has 1 saturated heterocycles. The van der Waals surface area contributed by atoms with Crippen molar-refractivity contribution >= 4 is 5.91 Å². The highest BCUT2D eigenvalue weighted by molar-refractivity contribution is 5.79. The topological polar surface area (TPSA) is 42.0 Å². The van der Waals surface area contributed by atoms with Crippen molar-refractivity contribution in [2.24, 2.45) is 17.8 Å². The number of hydrogen-bond donors (Lipinski definition) is 0. The standard InChI is InChI=1S/C23H36N2O3/c1-6-24(7-2)15-19-16(3)12-20-18(19)14-23(26)25(20)11-10-17-8-9-21(27-4)22(13-17)28-5/h8-9,13,16,18-20H,6-7,10-12,14-15H2,1-5H3/t16?,18?,19-,20?/m1/s1. The number of fused-ring (bicyclic) bond motifs is 1. The van der Waals surface area contributed by atoms with Crippen molar-refractivity contribution in [2.45, 2.75) is 46.1 Å². The van der Waals surface area contributed by atoms with Crippen LogP contribution >= 0.6 is 0 Å². The molecule has 1 saturated carbocycles. The molecule has 0 radical (unpaired) electrons. The van der Waals surface area contributed by atoms with Gasteiger partial charge in [-0.1, -0.05) is 26.8 Å². The van der Waals surface area contributed by atoms with Gasteiger partial charge in [-0.25, -0.2) is 0 Å². The van der Waals surface area contributed by atoms with Gasteiger partial charge in [0.05, 0.1) is 14.2 Å². The maximum atomic E-state index is 12.8. The molecule has 1 aliphatic heterocycles. The van der Waals surface area contributed by atoms with Crippen molar-refractivity contribution in [1.82, 2.24) is 9.80 Å². The summed E-state index contributed by atoms with van der Waals surface area (Å²) in [6.07, 6.45) is 2.73. The predicted molar refractivity (Wildman–Crippen MR) is 112 cm³/mol. The lowest BCUT2D eigenvalue weighted by molar-refractivity contribution is -0.129. The van der Waals surface area contributed by atoms with Crippen LogP contribution < -0.4 is 9.47 Å². The van der Waals surface area contributed by atoms with Gasteiger partial charge >= 0.3 is 0 Å². The second-order valence-electron chi connectivity index (χ2n) is 8.32. The number of likely N-dealkylation sites (tertiary alicyclic amines) is 1. The van der Waals surface area contributed by atoms with Crippen molar-refractivity contribution in [2.75, 3.05) is 40.4 Å². The highest BCUT2D eigenvalue weighted by Gasteiger charge is 2.50. The van der Waals surface area contributed by atoms with E-state index in [0.29, 0.717) is 29.7 Å². The molecule has 0 spiro atoms. The molecule has 1 heterocycles. The summed E-state index contributed by atoms with van der Waals surface area (Å²) in [5.74, 6) is 3.68. The third-order valence-corrected chi connectivity index (χ3v) is 6.97. The van der Waals surface area contributed by atoms with Gasteiger partial charge in [-0.15, -0.1) is 0 Å². The van der Waals surface area contributed by atoms with Crippen molar-refractivity contribution in [1.29, 1.82) is 0 Å². The Kier molecular flexibility index (Phi) is 6.86. The predicted octanol–water partition coefficient (Wildman–Crippen LogP) is 3.46. The Balaban J connectivity index is 1.65. The maximum absolute atomic E-state index is 12.8. The van der Waals surface area contributed by atoms with E-state index in [0.717, 1.165) is 56.9 Å². The number of rotatable bonds is 9. The van der Waals surface area contributed by atoms with Crippen LogP contribution in [0.1, 0.15) is 39.2 Å². The minimum absolute atomic E-state index is 0.340. The van der Waals surface area contributed by atoms with E-state index in [1.54, 1.807) is 14.2 Å². The normalized spacial score (nSPS) is 26.8. The van der Waals surface area contributed by atoms with Crippen molar-refractivity contribution in [3.63, 3.8) is 0 Å². The lowest BCUT2D eigenvalue weighted by atomic mass is 9.88. The SMILES string of the molecule is CCN(CC)C[C@@H]1C(C)CC2C1CC(=O)N2CCc1ccc(OC)c(OC)c1. The number of carbonyl (C=O) groups is 1. The van der Waals surface area contributed by atoms with Crippen LogP contribution in [0.4, 0.5) is 0 Å². The molecule has 4 atom stereocenters. The van der Waals surface area contributed by atoms with E-state index in [1.165, 1.54) is 5.56 Å². The molecule has 5 heteroatoms. The maximum Gasteiger partial charge on any atom is 0.223 e. The van der Waals surface area contributed by atoms with Crippen LogP contribution in [0.15, 0.2) is 18.2 Å². The molecule has 2 aliphatic rings. The minimum atomic E-state index is 0.340. The number of nitrogens with zero attached hydrogens (tertiary/aromatic N) is 2. The molecular formula is C23H36N2O3. The average Bonchev–Trinajstić information content (AvgIpc) is 3.17. The lowest BCUT2D eigenvalue weighted by Gasteiger charge is -2.28. The van der Waals surface area contributed by atoms with Gasteiger partial charge < -0.3 is 19.3 Å². The van der Waals surface area contributed by atoms with Crippen molar-refractivity contribution in [3.05, 3.63) is 23.8 Å². The first-order valence-electron chi connectivity index (χ1n) is 10.7. The number of amides is 1. The zero-order valence-corrected chi connectivity index (χ0v) is 18.1. The third kappa shape index (κ3) is 4.14. The molecule has 28 heavy (non-hydrogen) atoms. The summed E-state index contributed by atoms with van der Waals surface area (Å²) in [6.45, 7) is 10.9. The van der Waals surface area contributed by atoms with Crippen molar-refractivity contribution in [3.8, 4) is 11.5 Å². The molecule has 156 valence electrons. The fraction of sp³-hybridized carbons (Fsp3) is 0.696. The zero-order valence-electron chi connectivity index (χ0n) is 18.1. The van der Waals surface area contributed by atoms with E-state index in [4.69, 9.17) is 9.47 Å². The Bertz CT molecular complexity index is 674. The average molecular weight is 389 g/mol. The fourth-order valence-electron chi connectivity index (χ4n) is 5.26. The second kappa shape index (κ2) is 9.17. The first-order chi connectivity index (χ1) is 13.5. The number of benzene rings is 1. The van der Waals surface area contributed by atoms with Gasteiger partial charge in [-0.3, -0.25) is 4.79 Å². The molecule has 5 nitrogen and oxygen atoms in total. The van der Waals surface area contributed by atoms with Crippen LogP contribution in [-0.4, -0.2) is 62.1 Å². The highest BCUT2D eigenvalue weighted by atomic mass is 16.5. The Labute approximate surface area is 170 Å². The monoisotopic (exact) mass is 388 g/mol. The Morgan fingerprint density at radius 1 is 1.14 bits per heavy atom. The summed E-state index contributed by atoms with van der Waals surface area (Å²) in [6, 6.07) is 6.46.